The molecule has 1 aliphatic carbocycles. The Morgan fingerprint density at radius 1 is 1.37 bits per heavy atom. The summed E-state index contributed by atoms with van der Waals surface area (Å²) in [6, 6.07) is 6.19. The zero-order valence-electron chi connectivity index (χ0n) is 12.4. The van der Waals surface area contributed by atoms with E-state index in [9.17, 15) is 5.11 Å². The van der Waals surface area contributed by atoms with Gasteiger partial charge in [0.1, 0.15) is 5.75 Å². The van der Waals surface area contributed by atoms with E-state index in [0.29, 0.717) is 12.3 Å². The summed E-state index contributed by atoms with van der Waals surface area (Å²) in [4.78, 5) is 0. The van der Waals surface area contributed by atoms with Crippen molar-refractivity contribution in [3.63, 3.8) is 0 Å². The van der Waals surface area contributed by atoms with Gasteiger partial charge in [0.05, 0.1) is 13.2 Å². The van der Waals surface area contributed by atoms with Crippen molar-refractivity contribution in [1.29, 1.82) is 0 Å². The van der Waals surface area contributed by atoms with Crippen molar-refractivity contribution in [2.24, 2.45) is 11.8 Å². The molecule has 0 spiro atoms. The molecule has 0 radical (unpaired) electrons. The molecular formula is C17H26O2. The maximum atomic E-state index is 10.5. The molecule has 0 saturated heterocycles. The molecule has 3 atom stereocenters. The maximum absolute atomic E-state index is 10.5. The zero-order valence-corrected chi connectivity index (χ0v) is 12.4. The summed E-state index contributed by atoms with van der Waals surface area (Å²) in [6.45, 7) is 4.33. The van der Waals surface area contributed by atoms with Crippen molar-refractivity contribution in [1.82, 2.24) is 0 Å². The highest BCUT2D eigenvalue weighted by Gasteiger charge is 2.29. The zero-order chi connectivity index (χ0) is 13.8. The van der Waals surface area contributed by atoms with Crippen LogP contribution in [-0.2, 0) is 6.42 Å². The van der Waals surface area contributed by atoms with E-state index in [-0.39, 0.29) is 6.10 Å². The highest BCUT2D eigenvalue weighted by Crippen LogP contribution is 2.36. The van der Waals surface area contributed by atoms with E-state index in [1.807, 2.05) is 6.07 Å². The van der Waals surface area contributed by atoms with Crippen LogP contribution in [0.5, 0.6) is 5.75 Å². The number of aryl methyl sites for hydroxylation is 1. The van der Waals surface area contributed by atoms with Gasteiger partial charge >= 0.3 is 0 Å². The molecule has 3 unspecified atom stereocenters. The predicted octanol–water partition coefficient (Wildman–Crippen LogP) is 3.73. The average molecular weight is 262 g/mol. The molecule has 0 aliphatic heterocycles. The molecule has 0 amide bonds. The van der Waals surface area contributed by atoms with Gasteiger partial charge in [-0.3, -0.25) is 0 Å². The second kappa shape index (κ2) is 6.42. The van der Waals surface area contributed by atoms with Crippen LogP contribution in [0.1, 0.15) is 43.7 Å². The van der Waals surface area contributed by atoms with Crippen molar-refractivity contribution < 1.29 is 9.84 Å². The van der Waals surface area contributed by atoms with E-state index < -0.39 is 0 Å². The number of hydrogen-bond donors (Lipinski definition) is 1. The Hall–Kier alpha value is -1.02. The van der Waals surface area contributed by atoms with Crippen LogP contribution in [0.2, 0.25) is 0 Å². The first-order valence-electron chi connectivity index (χ1n) is 7.45. The van der Waals surface area contributed by atoms with Crippen LogP contribution in [0, 0.1) is 18.8 Å². The Morgan fingerprint density at radius 3 is 2.79 bits per heavy atom. The SMILES string of the molecule is CCC1CCC(C(O)Cc2cc(C)ccc2OC)C1. The minimum atomic E-state index is -0.229. The minimum Gasteiger partial charge on any atom is -0.496 e. The molecule has 2 rings (SSSR count). The summed E-state index contributed by atoms with van der Waals surface area (Å²) in [6.07, 6.45) is 5.37. The second-order valence-electron chi connectivity index (χ2n) is 5.93. The molecule has 0 bridgehead atoms. The molecule has 1 aromatic rings. The van der Waals surface area contributed by atoms with Gasteiger partial charge in [0, 0.05) is 6.42 Å². The second-order valence-corrected chi connectivity index (χ2v) is 5.93. The van der Waals surface area contributed by atoms with E-state index in [0.717, 1.165) is 17.2 Å². The molecule has 1 aliphatic rings. The van der Waals surface area contributed by atoms with E-state index in [1.165, 1.54) is 31.2 Å². The number of rotatable bonds is 5. The Labute approximate surface area is 116 Å². The first-order valence-corrected chi connectivity index (χ1v) is 7.45. The number of aliphatic hydroxyl groups excluding tert-OH is 1. The van der Waals surface area contributed by atoms with Gasteiger partial charge in [0.25, 0.3) is 0 Å². The smallest absolute Gasteiger partial charge is 0.122 e. The van der Waals surface area contributed by atoms with E-state index >= 15 is 0 Å². The summed E-state index contributed by atoms with van der Waals surface area (Å²) < 4.78 is 5.40. The van der Waals surface area contributed by atoms with Gasteiger partial charge in [0.15, 0.2) is 0 Å². The average Bonchev–Trinajstić information content (AvgIpc) is 2.88. The third kappa shape index (κ3) is 3.50. The van der Waals surface area contributed by atoms with Gasteiger partial charge < -0.3 is 9.84 Å². The molecule has 1 fully saturated rings. The topological polar surface area (TPSA) is 29.5 Å². The summed E-state index contributed by atoms with van der Waals surface area (Å²) in [7, 11) is 1.70. The van der Waals surface area contributed by atoms with Crippen LogP contribution < -0.4 is 4.74 Å². The number of methoxy groups -OCH3 is 1. The maximum Gasteiger partial charge on any atom is 0.122 e. The van der Waals surface area contributed by atoms with Crippen LogP contribution in [0.4, 0.5) is 0 Å². The van der Waals surface area contributed by atoms with Crippen LogP contribution in [0.3, 0.4) is 0 Å². The standard InChI is InChI=1S/C17H26O2/c1-4-13-6-7-14(10-13)16(18)11-15-9-12(2)5-8-17(15)19-3/h5,8-9,13-14,16,18H,4,6-7,10-11H2,1-3H3. The fourth-order valence-corrected chi connectivity index (χ4v) is 3.29. The highest BCUT2D eigenvalue weighted by molar-refractivity contribution is 5.37. The lowest BCUT2D eigenvalue weighted by atomic mass is 9.92. The summed E-state index contributed by atoms with van der Waals surface area (Å²) in [5, 5.41) is 10.5. The van der Waals surface area contributed by atoms with Crippen LogP contribution >= 0.6 is 0 Å². The van der Waals surface area contributed by atoms with Gasteiger partial charge in [-0.25, -0.2) is 0 Å². The van der Waals surface area contributed by atoms with Crippen molar-refractivity contribution in [3.05, 3.63) is 29.3 Å². The number of hydrogen-bond acceptors (Lipinski definition) is 2. The van der Waals surface area contributed by atoms with E-state index in [4.69, 9.17) is 4.74 Å². The van der Waals surface area contributed by atoms with Crippen molar-refractivity contribution in [2.75, 3.05) is 7.11 Å². The van der Waals surface area contributed by atoms with Gasteiger partial charge in [0.2, 0.25) is 0 Å². The normalized spacial score (nSPS) is 24.4. The first-order chi connectivity index (χ1) is 9.13. The van der Waals surface area contributed by atoms with E-state index in [2.05, 4.69) is 26.0 Å². The summed E-state index contributed by atoms with van der Waals surface area (Å²) >= 11 is 0. The molecule has 2 nitrogen and oxygen atoms in total. The van der Waals surface area contributed by atoms with Gasteiger partial charge in [-0.1, -0.05) is 37.5 Å². The molecule has 19 heavy (non-hydrogen) atoms. The molecule has 1 aromatic carbocycles. The molecular weight excluding hydrogens is 236 g/mol. The van der Waals surface area contributed by atoms with Gasteiger partial charge in [-0.05, 0) is 43.2 Å². The third-order valence-corrected chi connectivity index (χ3v) is 4.57. The summed E-state index contributed by atoms with van der Waals surface area (Å²) in [5.74, 6) is 2.18. The number of aliphatic hydroxyl groups is 1. The minimum absolute atomic E-state index is 0.229. The lowest BCUT2D eigenvalue weighted by Gasteiger charge is -2.20. The van der Waals surface area contributed by atoms with Crippen LogP contribution in [0.25, 0.3) is 0 Å². The Balaban J connectivity index is 2.02. The van der Waals surface area contributed by atoms with Crippen molar-refractivity contribution in [2.45, 2.75) is 52.1 Å². The van der Waals surface area contributed by atoms with Gasteiger partial charge in [-0.2, -0.15) is 0 Å². The number of benzene rings is 1. The van der Waals surface area contributed by atoms with Crippen LogP contribution in [0.15, 0.2) is 18.2 Å². The lowest BCUT2D eigenvalue weighted by molar-refractivity contribution is 0.108. The van der Waals surface area contributed by atoms with Crippen molar-refractivity contribution in [3.8, 4) is 5.75 Å². The monoisotopic (exact) mass is 262 g/mol. The number of ether oxygens (including phenoxy) is 1. The van der Waals surface area contributed by atoms with Crippen molar-refractivity contribution >= 4 is 0 Å². The fraction of sp³-hybridized carbons (Fsp3) is 0.647. The predicted molar refractivity (Wildman–Crippen MR) is 78.6 cm³/mol. The molecule has 0 aromatic heterocycles. The first kappa shape index (κ1) is 14.4. The Bertz CT molecular complexity index is 414. The van der Waals surface area contributed by atoms with Crippen LogP contribution in [-0.4, -0.2) is 18.3 Å². The Kier molecular flexibility index (Phi) is 4.87. The molecule has 1 N–H and O–H groups in total. The molecule has 2 heteroatoms. The Morgan fingerprint density at radius 2 is 2.16 bits per heavy atom. The lowest BCUT2D eigenvalue weighted by Crippen LogP contribution is -2.21. The summed E-state index contributed by atoms with van der Waals surface area (Å²) in [5.41, 5.74) is 2.36. The third-order valence-electron chi connectivity index (χ3n) is 4.57. The molecule has 1 saturated carbocycles. The van der Waals surface area contributed by atoms with E-state index in [1.54, 1.807) is 7.11 Å². The fourth-order valence-electron chi connectivity index (χ4n) is 3.29. The molecule has 0 heterocycles. The highest BCUT2D eigenvalue weighted by atomic mass is 16.5. The largest absolute Gasteiger partial charge is 0.496 e. The molecule has 106 valence electrons. The quantitative estimate of drug-likeness (QED) is 0.876. The van der Waals surface area contributed by atoms with Gasteiger partial charge in [-0.15, -0.1) is 0 Å².